The highest BCUT2D eigenvalue weighted by molar-refractivity contribution is 5.88. The van der Waals surface area contributed by atoms with E-state index in [0.717, 1.165) is 19.3 Å². The number of ether oxygens (including phenoxy) is 6. The molecule has 3 saturated heterocycles. The van der Waals surface area contributed by atoms with Crippen LogP contribution < -0.4 is 31.9 Å². The lowest BCUT2D eigenvalue weighted by Crippen LogP contribution is -2.64. The summed E-state index contributed by atoms with van der Waals surface area (Å²) in [6.45, 7) is 6.80. The zero-order chi connectivity index (χ0) is 78.0. The van der Waals surface area contributed by atoms with E-state index in [1.165, 1.54) is 32.6 Å². The van der Waals surface area contributed by atoms with Crippen molar-refractivity contribution in [2.75, 3.05) is 85.5 Å². The van der Waals surface area contributed by atoms with E-state index in [9.17, 15) is 89.1 Å². The highest BCUT2D eigenvalue weighted by atomic mass is 16.7. The average Bonchev–Trinajstić information content (AvgIpc) is 0.823. The fourth-order valence-corrected chi connectivity index (χ4v) is 13.0. The van der Waals surface area contributed by atoms with Gasteiger partial charge in [0.25, 0.3) is 0 Å². The molecule has 0 aliphatic carbocycles. The predicted octanol–water partition coefficient (Wildman–Crippen LogP) is 1.98. The Morgan fingerprint density at radius 3 is 1.21 bits per heavy atom. The van der Waals surface area contributed by atoms with Gasteiger partial charge >= 0.3 is 0 Å². The fraction of sp³-hybridized carbons (Fsp3) is 0.880. The molecule has 7 unspecified atom stereocenters. The average molecular weight is 1520 g/mol. The van der Waals surface area contributed by atoms with Crippen LogP contribution in [0.3, 0.4) is 0 Å². The third-order valence-electron chi connectivity index (χ3n) is 19.7. The van der Waals surface area contributed by atoms with E-state index in [4.69, 9.17) is 28.4 Å². The maximum atomic E-state index is 14.5. The Morgan fingerprint density at radius 2 is 0.736 bits per heavy atom. The van der Waals surface area contributed by atoms with Crippen molar-refractivity contribution in [3.63, 3.8) is 0 Å². The number of aliphatic hydroxyl groups is 9. The summed E-state index contributed by atoms with van der Waals surface area (Å²) in [5, 5.41) is 107. The standard InChI is InChI=1S/C75H135N7O24/c1-5-6-7-8-9-10-14-29-54(87)31-27-37-64(93)78-39-22-19-32-56(57(89)33-20-23-40-77-62(91)34-15-11-24-43-101-73-51(2)67(95)69(97)58(48-83)104-73)82(47-65(94)80-42-28-41-79-63(92)36-16-12-25-44-102-74-52(3)68(96)70(98)59(49-84)105-74)46-55(88)30-18-21-38-76-61(90)35-17-13-26-45-103-75-66(81-53(4)86)72(100)71(99)60(50-85)106-75/h51-52,56,58-60,66-75,83-85,95-100H,5-50H2,1-4H3,(H,76,90)(H,77,91)(H,78,93)(H,79,92)(H,80,94)(H,81,86)/t51?,52?,56?,58?,59?,60?,66?,67-,68-,69+,70+,71+,72-,73-,74-,75-/m1/s1. The molecule has 0 bridgehead atoms. The quantitative estimate of drug-likeness (QED) is 0.0387. The van der Waals surface area contributed by atoms with Crippen LogP contribution in [0.2, 0.25) is 0 Å². The van der Waals surface area contributed by atoms with E-state index in [2.05, 4.69) is 38.8 Å². The second-order valence-corrected chi connectivity index (χ2v) is 28.8. The number of carbonyl (C=O) groups excluding carboxylic acids is 9. The number of unbranched alkanes of at least 4 members (excludes halogenated alkanes) is 15. The Labute approximate surface area is 627 Å². The van der Waals surface area contributed by atoms with Gasteiger partial charge in [-0.05, 0) is 103 Å². The zero-order valence-electron chi connectivity index (χ0n) is 63.9. The predicted molar refractivity (Wildman–Crippen MR) is 391 cm³/mol. The van der Waals surface area contributed by atoms with Gasteiger partial charge in [-0.25, -0.2) is 0 Å². The van der Waals surface area contributed by atoms with Gasteiger partial charge in [0.2, 0.25) is 35.4 Å². The smallest absolute Gasteiger partial charge is 0.234 e. The van der Waals surface area contributed by atoms with Crippen molar-refractivity contribution in [3.05, 3.63) is 0 Å². The summed E-state index contributed by atoms with van der Waals surface area (Å²) in [5.74, 6) is -2.95. The van der Waals surface area contributed by atoms with Gasteiger partial charge in [-0.2, -0.15) is 0 Å². The molecule has 0 saturated carbocycles. The lowest BCUT2D eigenvalue weighted by atomic mass is 9.92. The first-order valence-corrected chi connectivity index (χ1v) is 39.6. The van der Waals surface area contributed by atoms with Crippen LogP contribution in [-0.4, -0.2) is 275 Å². The van der Waals surface area contributed by atoms with Gasteiger partial charge in [0, 0.05) is 123 Å². The number of carbonyl (C=O) groups is 9. The molecule has 3 rings (SSSR count). The van der Waals surface area contributed by atoms with Crippen molar-refractivity contribution >= 4 is 52.8 Å². The molecule has 3 heterocycles. The van der Waals surface area contributed by atoms with Crippen molar-refractivity contribution in [1.82, 2.24) is 36.8 Å². The molecule has 3 aliphatic heterocycles. The second kappa shape index (κ2) is 57.3. The van der Waals surface area contributed by atoms with E-state index in [1.54, 1.807) is 18.7 Å². The van der Waals surface area contributed by atoms with Gasteiger partial charge in [-0.1, -0.05) is 78.6 Å². The maximum absolute atomic E-state index is 14.5. The van der Waals surface area contributed by atoms with Crippen LogP contribution in [0.4, 0.5) is 0 Å². The molecule has 0 radical (unpaired) electrons. The number of ketones is 3. The summed E-state index contributed by atoms with van der Waals surface area (Å²) in [5.41, 5.74) is 0. The van der Waals surface area contributed by atoms with Gasteiger partial charge in [-0.3, -0.25) is 48.1 Å². The number of amides is 6. The number of rotatable bonds is 62. The van der Waals surface area contributed by atoms with Crippen molar-refractivity contribution in [2.45, 2.75) is 325 Å². The lowest BCUT2D eigenvalue weighted by molar-refractivity contribution is -0.282. The topological polar surface area (TPSA) is 466 Å². The summed E-state index contributed by atoms with van der Waals surface area (Å²) in [4.78, 5) is 120. The number of nitrogens with zero attached hydrogens (tertiary/aromatic N) is 1. The van der Waals surface area contributed by atoms with Crippen LogP contribution >= 0.6 is 0 Å². The van der Waals surface area contributed by atoms with Crippen LogP contribution in [0, 0.1) is 11.8 Å². The molecule has 0 aromatic heterocycles. The molecule has 614 valence electrons. The third kappa shape index (κ3) is 39.7. The van der Waals surface area contributed by atoms with Crippen molar-refractivity contribution in [2.24, 2.45) is 11.8 Å². The SMILES string of the molecule is CCCCCCCCCC(=O)CCCC(=O)NCCCCC(C(=O)CCCCNC(=O)CCCCCO[C@@H]1OC(CO)[C@H](O)[C@H](O)C1C)N(CC(=O)CCCCNC(=O)CCCCCO[C@@H]1OC(CO)[C@H](O)[C@H](O)C1NC(C)=O)CC(=O)NCCCNC(=O)CCCCCO[C@@H]1OC(CO)[C@H](O)[C@H](O)C1C. The summed E-state index contributed by atoms with van der Waals surface area (Å²) < 4.78 is 34.2. The van der Waals surface area contributed by atoms with Gasteiger partial charge in [-0.15, -0.1) is 0 Å². The van der Waals surface area contributed by atoms with E-state index >= 15 is 0 Å². The van der Waals surface area contributed by atoms with Crippen LogP contribution in [0.15, 0.2) is 0 Å². The van der Waals surface area contributed by atoms with Gasteiger partial charge in [0.05, 0.1) is 51.2 Å². The molecule has 3 aliphatic rings. The zero-order valence-corrected chi connectivity index (χ0v) is 63.9. The minimum atomic E-state index is -1.44. The van der Waals surface area contributed by atoms with E-state index in [1.807, 2.05) is 0 Å². The Bertz CT molecular complexity index is 2470. The molecule has 3 fully saturated rings. The van der Waals surface area contributed by atoms with E-state index in [0.29, 0.717) is 142 Å². The number of nitrogens with one attached hydrogen (secondary N) is 6. The number of hydrogen-bond donors (Lipinski definition) is 15. The normalized spacial score (nSPS) is 24.8. The molecule has 16 atom stereocenters. The van der Waals surface area contributed by atoms with E-state index in [-0.39, 0.29) is 132 Å². The first kappa shape index (κ1) is 95.4. The van der Waals surface area contributed by atoms with Crippen LogP contribution in [0.1, 0.15) is 240 Å². The molecule has 0 aromatic rings. The van der Waals surface area contributed by atoms with Gasteiger partial charge in [0.1, 0.15) is 66.1 Å². The molecule has 0 spiro atoms. The molecule has 15 N–H and O–H groups in total. The first-order chi connectivity index (χ1) is 51.0. The largest absolute Gasteiger partial charge is 0.394 e. The van der Waals surface area contributed by atoms with Gasteiger partial charge < -0.3 is 106 Å². The lowest BCUT2D eigenvalue weighted by Gasteiger charge is -2.42. The molecular weight excluding hydrogens is 1380 g/mol. The van der Waals surface area contributed by atoms with E-state index < -0.39 is 129 Å². The summed E-state index contributed by atoms with van der Waals surface area (Å²) in [7, 11) is 0. The Hall–Kier alpha value is -4.81. The summed E-state index contributed by atoms with van der Waals surface area (Å²) >= 11 is 0. The molecule has 6 amide bonds. The van der Waals surface area contributed by atoms with Gasteiger partial charge in [0.15, 0.2) is 18.9 Å². The molecular formula is C75H135N7O24. The minimum Gasteiger partial charge on any atom is -0.394 e. The summed E-state index contributed by atoms with van der Waals surface area (Å²) in [6.07, 6.45) is 5.40. The molecule has 0 aromatic carbocycles. The number of aliphatic hydroxyl groups excluding tert-OH is 9. The highest BCUT2D eigenvalue weighted by Crippen LogP contribution is 2.29. The monoisotopic (exact) mass is 1520 g/mol. The Morgan fingerprint density at radius 1 is 0.377 bits per heavy atom. The third-order valence-corrected chi connectivity index (χ3v) is 19.7. The van der Waals surface area contributed by atoms with Crippen LogP contribution in [-0.2, 0) is 71.6 Å². The van der Waals surface area contributed by atoms with Crippen LogP contribution in [0.5, 0.6) is 0 Å². The van der Waals surface area contributed by atoms with Crippen LogP contribution in [0.25, 0.3) is 0 Å². The molecule has 31 nitrogen and oxygen atoms in total. The van der Waals surface area contributed by atoms with Crippen molar-refractivity contribution in [3.8, 4) is 0 Å². The summed E-state index contributed by atoms with van der Waals surface area (Å²) in [6, 6.07) is -1.94. The van der Waals surface area contributed by atoms with Crippen molar-refractivity contribution < 1.29 is 118 Å². The Balaban J connectivity index is 1.59. The number of hydrogen-bond acceptors (Lipinski definition) is 25. The molecule has 31 heteroatoms. The highest BCUT2D eigenvalue weighted by Gasteiger charge is 2.46. The Kier molecular flexibility index (Phi) is 51.5. The maximum Gasteiger partial charge on any atom is 0.234 e. The minimum absolute atomic E-state index is 0.0796. The first-order valence-electron chi connectivity index (χ1n) is 39.6. The number of Topliss-reactive ketones (excluding diaryl/α,β-unsaturated/α-hetero) is 3. The molecule has 106 heavy (non-hydrogen) atoms. The van der Waals surface area contributed by atoms with Crippen molar-refractivity contribution in [1.29, 1.82) is 0 Å². The second-order valence-electron chi connectivity index (χ2n) is 28.8. The fourth-order valence-electron chi connectivity index (χ4n) is 13.0.